The molecule has 1 aromatic carbocycles. The zero-order chi connectivity index (χ0) is 12.4. The maximum Gasteiger partial charge on any atom is 0.120 e. The van der Waals surface area contributed by atoms with Gasteiger partial charge in [0.15, 0.2) is 0 Å². The van der Waals surface area contributed by atoms with E-state index in [1.807, 2.05) is 24.5 Å². The molecule has 0 fully saturated rings. The number of nitrogens with zero attached hydrogens (tertiary/aromatic N) is 3. The Labute approximate surface area is 104 Å². The molecule has 0 aliphatic carbocycles. The maximum atomic E-state index is 10.4. The van der Waals surface area contributed by atoms with Crippen molar-refractivity contribution in [3.63, 3.8) is 0 Å². The van der Waals surface area contributed by atoms with E-state index in [0.717, 1.165) is 41.2 Å². The summed E-state index contributed by atoms with van der Waals surface area (Å²) in [5, 5.41) is 1.11. The van der Waals surface area contributed by atoms with Crippen LogP contribution in [-0.2, 0) is 11.3 Å². The van der Waals surface area contributed by atoms with Crippen LogP contribution in [0.4, 0.5) is 0 Å². The molecule has 3 rings (SSSR count). The first-order chi connectivity index (χ1) is 8.90. The van der Waals surface area contributed by atoms with E-state index >= 15 is 0 Å². The predicted octanol–water partition coefficient (Wildman–Crippen LogP) is 2.56. The van der Waals surface area contributed by atoms with Gasteiger partial charge in [0.1, 0.15) is 11.8 Å². The lowest BCUT2D eigenvalue weighted by Crippen LogP contribution is -1.97. The Morgan fingerprint density at radius 2 is 2.06 bits per heavy atom. The van der Waals surface area contributed by atoms with E-state index < -0.39 is 0 Å². The van der Waals surface area contributed by atoms with Gasteiger partial charge in [-0.1, -0.05) is 18.2 Å². The van der Waals surface area contributed by atoms with Crippen molar-refractivity contribution in [2.24, 2.45) is 0 Å². The summed E-state index contributed by atoms with van der Waals surface area (Å²) in [6, 6.07) is 8.04. The van der Waals surface area contributed by atoms with Crippen molar-refractivity contribution in [1.29, 1.82) is 0 Å². The van der Waals surface area contributed by atoms with Gasteiger partial charge in [0, 0.05) is 18.4 Å². The van der Waals surface area contributed by atoms with Crippen LogP contribution in [0.2, 0.25) is 0 Å². The van der Waals surface area contributed by atoms with E-state index in [1.165, 1.54) is 0 Å². The highest BCUT2D eigenvalue weighted by molar-refractivity contribution is 6.01. The monoisotopic (exact) mass is 239 g/mol. The van der Waals surface area contributed by atoms with Crippen molar-refractivity contribution in [3.8, 4) is 0 Å². The largest absolute Gasteiger partial charge is 0.330 e. The van der Waals surface area contributed by atoms with Gasteiger partial charge in [0.05, 0.1) is 23.6 Å². The van der Waals surface area contributed by atoms with Crippen LogP contribution in [0.15, 0.2) is 36.8 Å². The molecular formula is C14H13N3O. The number of pyridine rings is 1. The minimum atomic E-state index is 0.586. The van der Waals surface area contributed by atoms with E-state index in [-0.39, 0.29) is 0 Å². The van der Waals surface area contributed by atoms with Gasteiger partial charge in [0.2, 0.25) is 0 Å². The van der Waals surface area contributed by atoms with Crippen molar-refractivity contribution < 1.29 is 4.79 Å². The van der Waals surface area contributed by atoms with Gasteiger partial charge in [0.25, 0.3) is 0 Å². The van der Waals surface area contributed by atoms with E-state index in [0.29, 0.717) is 6.42 Å². The molecule has 0 saturated heterocycles. The normalized spacial score (nSPS) is 11.1. The van der Waals surface area contributed by atoms with Crippen molar-refractivity contribution in [2.75, 3.05) is 0 Å². The number of para-hydroxylation sites is 1. The van der Waals surface area contributed by atoms with Crippen molar-refractivity contribution in [3.05, 3.63) is 36.8 Å². The van der Waals surface area contributed by atoms with Crippen molar-refractivity contribution >= 4 is 28.2 Å². The molecule has 3 aromatic rings. The molecule has 0 N–H and O–H groups in total. The van der Waals surface area contributed by atoms with Crippen molar-refractivity contribution in [2.45, 2.75) is 19.4 Å². The minimum absolute atomic E-state index is 0.586. The Kier molecular flexibility index (Phi) is 2.76. The quantitative estimate of drug-likeness (QED) is 0.519. The summed E-state index contributed by atoms with van der Waals surface area (Å²) in [4.78, 5) is 19.1. The molecule has 0 bridgehead atoms. The van der Waals surface area contributed by atoms with Gasteiger partial charge in [-0.3, -0.25) is 4.98 Å². The molecule has 0 aliphatic rings. The summed E-state index contributed by atoms with van der Waals surface area (Å²) in [5.41, 5.74) is 2.98. The van der Waals surface area contributed by atoms with Crippen LogP contribution >= 0.6 is 0 Å². The molecule has 0 amide bonds. The molecule has 0 radical (unpaired) electrons. The lowest BCUT2D eigenvalue weighted by Gasteiger charge is -2.05. The lowest BCUT2D eigenvalue weighted by atomic mass is 10.2. The van der Waals surface area contributed by atoms with Gasteiger partial charge in [-0.25, -0.2) is 4.98 Å². The number of unbranched alkanes of at least 4 members (excludes halogenated alkanes) is 1. The van der Waals surface area contributed by atoms with Crippen molar-refractivity contribution in [1.82, 2.24) is 14.5 Å². The second-order valence-electron chi connectivity index (χ2n) is 4.26. The summed E-state index contributed by atoms with van der Waals surface area (Å²) in [6.07, 6.45) is 6.00. The number of imidazole rings is 1. The number of aromatic nitrogens is 3. The van der Waals surface area contributed by atoms with E-state index in [9.17, 15) is 4.79 Å². The second-order valence-corrected chi connectivity index (χ2v) is 4.26. The SMILES string of the molecule is O=CCCCn1cnc2cnc3ccccc3c21. The first-order valence-electron chi connectivity index (χ1n) is 6.02. The molecule has 0 aliphatic heterocycles. The molecule has 4 heteroatoms. The number of aryl methyl sites for hydroxylation is 1. The minimum Gasteiger partial charge on any atom is -0.330 e. The third-order valence-electron chi connectivity index (χ3n) is 3.07. The van der Waals surface area contributed by atoms with Crippen LogP contribution in [0, 0.1) is 0 Å². The third-order valence-corrected chi connectivity index (χ3v) is 3.07. The lowest BCUT2D eigenvalue weighted by molar-refractivity contribution is -0.107. The molecule has 2 heterocycles. The summed E-state index contributed by atoms with van der Waals surface area (Å²) in [7, 11) is 0. The number of hydrogen-bond donors (Lipinski definition) is 0. The number of carbonyl (C=O) groups excluding carboxylic acids is 1. The fourth-order valence-electron chi connectivity index (χ4n) is 2.22. The number of rotatable bonds is 4. The highest BCUT2D eigenvalue weighted by Gasteiger charge is 2.07. The first kappa shape index (κ1) is 10.9. The van der Waals surface area contributed by atoms with E-state index in [4.69, 9.17) is 0 Å². The number of carbonyl (C=O) groups is 1. The van der Waals surface area contributed by atoms with Gasteiger partial charge < -0.3 is 9.36 Å². The zero-order valence-corrected chi connectivity index (χ0v) is 9.91. The molecular weight excluding hydrogens is 226 g/mol. The molecule has 2 aromatic heterocycles. The Balaban J connectivity index is 2.14. The fourth-order valence-corrected chi connectivity index (χ4v) is 2.22. The maximum absolute atomic E-state index is 10.4. The van der Waals surface area contributed by atoms with Crippen LogP contribution < -0.4 is 0 Å². The zero-order valence-electron chi connectivity index (χ0n) is 9.91. The Hall–Kier alpha value is -2.23. The Bertz CT molecular complexity index is 702. The Morgan fingerprint density at radius 3 is 2.94 bits per heavy atom. The smallest absolute Gasteiger partial charge is 0.120 e. The van der Waals surface area contributed by atoms with Gasteiger partial charge in [-0.2, -0.15) is 0 Å². The van der Waals surface area contributed by atoms with Crippen LogP contribution in [-0.4, -0.2) is 20.8 Å². The Morgan fingerprint density at radius 1 is 1.17 bits per heavy atom. The molecule has 0 unspecified atom stereocenters. The average molecular weight is 239 g/mol. The van der Waals surface area contributed by atoms with Gasteiger partial charge in [-0.15, -0.1) is 0 Å². The highest BCUT2D eigenvalue weighted by atomic mass is 16.1. The molecule has 0 saturated carbocycles. The summed E-state index contributed by atoms with van der Waals surface area (Å²) < 4.78 is 2.10. The van der Waals surface area contributed by atoms with Crippen LogP contribution in [0.5, 0.6) is 0 Å². The molecule has 0 atom stereocenters. The number of hydrogen-bond acceptors (Lipinski definition) is 3. The van der Waals surface area contributed by atoms with Crippen LogP contribution in [0.1, 0.15) is 12.8 Å². The predicted molar refractivity (Wildman–Crippen MR) is 70.3 cm³/mol. The topological polar surface area (TPSA) is 47.8 Å². The molecule has 18 heavy (non-hydrogen) atoms. The second kappa shape index (κ2) is 4.56. The summed E-state index contributed by atoms with van der Waals surface area (Å²) in [6.45, 7) is 0.809. The number of aldehydes is 1. The van der Waals surface area contributed by atoms with Crippen LogP contribution in [0.25, 0.3) is 21.9 Å². The van der Waals surface area contributed by atoms with Gasteiger partial charge >= 0.3 is 0 Å². The van der Waals surface area contributed by atoms with E-state index in [2.05, 4.69) is 20.6 Å². The summed E-state index contributed by atoms with van der Waals surface area (Å²) in [5.74, 6) is 0. The average Bonchev–Trinajstić information content (AvgIpc) is 2.83. The summed E-state index contributed by atoms with van der Waals surface area (Å²) >= 11 is 0. The number of fused-ring (bicyclic) bond motifs is 3. The van der Waals surface area contributed by atoms with Crippen LogP contribution in [0.3, 0.4) is 0 Å². The standard InChI is InChI=1S/C14H13N3O/c18-8-4-3-7-17-10-16-13-9-15-12-6-2-1-5-11(12)14(13)17/h1-2,5-6,8-10H,3-4,7H2. The highest BCUT2D eigenvalue weighted by Crippen LogP contribution is 2.22. The fraction of sp³-hybridized carbons (Fsp3) is 0.214. The van der Waals surface area contributed by atoms with E-state index in [1.54, 1.807) is 6.20 Å². The molecule has 90 valence electrons. The molecule has 0 spiro atoms. The van der Waals surface area contributed by atoms with Gasteiger partial charge in [-0.05, 0) is 12.5 Å². The first-order valence-corrected chi connectivity index (χ1v) is 6.02. The molecule has 4 nitrogen and oxygen atoms in total. The number of benzene rings is 1. The third kappa shape index (κ3) is 1.76.